The standard InChI is InChI=1S/C29H41N3O5S/c1-23(2)37-21-9-18-30-29(34)24(3)32(22-26-10-5-4-6-11-26)28(33)17-14-25-12-15-27(16-13-25)38(35,36)31-19-7-8-20-31/h4-6,10-13,15-16,23-24H,7-9,14,17-22H2,1-3H3,(H,30,34)/t24-/m1/s1. The van der Waals surface area contributed by atoms with Crippen LogP contribution in [0, 0.1) is 0 Å². The highest BCUT2D eigenvalue weighted by Gasteiger charge is 2.28. The van der Waals surface area contributed by atoms with E-state index in [1.165, 1.54) is 4.31 Å². The molecule has 1 heterocycles. The molecule has 2 aromatic rings. The molecule has 9 heteroatoms. The minimum atomic E-state index is -3.47. The van der Waals surface area contributed by atoms with Gasteiger partial charge >= 0.3 is 0 Å². The molecular weight excluding hydrogens is 502 g/mol. The van der Waals surface area contributed by atoms with Crippen molar-refractivity contribution in [3.05, 3.63) is 65.7 Å². The Morgan fingerprint density at radius 3 is 2.26 bits per heavy atom. The van der Waals surface area contributed by atoms with Crippen LogP contribution in [0.15, 0.2) is 59.5 Å². The summed E-state index contributed by atoms with van der Waals surface area (Å²) in [5.41, 5.74) is 1.82. The molecule has 2 amide bonds. The highest BCUT2D eigenvalue weighted by atomic mass is 32.2. The highest BCUT2D eigenvalue weighted by molar-refractivity contribution is 7.89. The van der Waals surface area contributed by atoms with Crippen LogP contribution in [0.1, 0.15) is 57.6 Å². The number of amides is 2. The SMILES string of the molecule is CC(C)OCCCNC(=O)[C@@H](C)N(Cc1ccccc1)C(=O)CCc1ccc(S(=O)(=O)N2CCCC2)cc1. The Morgan fingerprint density at radius 2 is 1.63 bits per heavy atom. The van der Waals surface area contributed by atoms with E-state index in [1.807, 2.05) is 44.2 Å². The fraction of sp³-hybridized carbons (Fsp3) is 0.517. The summed E-state index contributed by atoms with van der Waals surface area (Å²) in [5.74, 6) is -0.330. The van der Waals surface area contributed by atoms with Crippen LogP contribution in [0.3, 0.4) is 0 Å². The molecule has 38 heavy (non-hydrogen) atoms. The third kappa shape index (κ3) is 8.64. The molecule has 2 aromatic carbocycles. The zero-order valence-corrected chi connectivity index (χ0v) is 23.6. The topological polar surface area (TPSA) is 96.0 Å². The van der Waals surface area contributed by atoms with Gasteiger partial charge in [0.05, 0.1) is 11.0 Å². The fourth-order valence-corrected chi connectivity index (χ4v) is 5.93. The van der Waals surface area contributed by atoms with Crippen molar-refractivity contribution < 1.29 is 22.7 Å². The lowest BCUT2D eigenvalue weighted by Gasteiger charge is -2.29. The second kappa shape index (κ2) is 14.4. The molecule has 1 aliphatic heterocycles. The smallest absolute Gasteiger partial charge is 0.243 e. The number of rotatable bonds is 14. The summed E-state index contributed by atoms with van der Waals surface area (Å²) in [4.78, 5) is 28.1. The van der Waals surface area contributed by atoms with Gasteiger partial charge in [0.25, 0.3) is 0 Å². The van der Waals surface area contributed by atoms with E-state index in [2.05, 4.69) is 5.32 Å². The van der Waals surface area contributed by atoms with Crippen LogP contribution >= 0.6 is 0 Å². The fourth-order valence-electron chi connectivity index (χ4n) is 4.41. The summed E-state index contributed by atoms with van der Waals surface area (Å²) in [7, 11) is -3.47. The Hall–Kier alpha value is -2.75. The number of carbonyl (C=O) groups excluding carboxylic acids is 2. The summed E-state index contributed by atoms with van der Waals surface area (Å²) in [5, 5.41) is 2.92. The zero-order chi connectivity index (χ0) is 27.5. The van der Waals surface area contributed by atoms with Crippen molar-refractivity contribution in [2.24, 2.45) is 0 Å². The lowest BCUT2D eigenvalue weighted by molar-refractivity contribution is -0.140. The maximum atomic E-state index is 13.3. The number of hydrogen-bond donors (Lipinski definition) is 1. The Morgan fingerprint density at radius 1 is 0.974 bits per heavy atom. The minimum absolute atomic E-state index is 0.131. The van der Waals surface area contributed by atoms with E-state index in [0.29, 0.717) is 45.6 Å². The number of nitrogens with one attached hydrogen (secondary N) is 1. The van der Waals surface area contributed by atoms with Crippen molar-refractivity contribution in [1.29, 1.82) is 0 Å². The average Bonchev–Trinajstić information content (AvgIpc) is 3.46. The monoisotopic (exact) mass is 543 g/mol. The predicted octanol–water partition coefficient (Wildman–Crippen LogP) is 3.75. The predicted molar refractivity (Wildman–Crippen MR) is 148 cm³/mol. The minimum Gasteiger partial charge on any atom is -0.379 e. The number of aryl methyl sites for hydroxylation is 1. The molecule has 0 bridgehead atoms. The molecule has 1 atom stereocenters. The number of carbonyl (C=O) groups is 2. The van der Waals surface area contributed by atoms with Gasteiger partial charge in [-0.1, -0.05) is 42.5 Å². The van der Waals surface area contributed by atoms with Gasteiger partial charge < -0.3 is 15.0 Å². The van der Waals surface area contributed by atoms with Gasteiger partial charge in [0.15, 0.2) is 0 Å². The highest BCUT2D eigenvalue weighted by Crippen LogP contribution is 2.21. The molecule has 1 aliphatic rings. The molecule has 0 spiro atoms. The summed E-state index contributed by atoms with van der Waals surface area (Å²) in [6.07, 6.45) is 3.30. The van der Waals surface area contributed by atoms with Crippen LogP contribution in [0.5, 0.6) is 0 Å². The second-order valence-corrected chi connectivity index (χ2v) is 11.9. The van der Waals surface area contributed by atoms with Crippen molar-refractivity contribution >= 4 is 21.8 Å². The quantitative estimate of drug-likeness (QED) is 0.366. The first-order valence-electron chi connectivity index (χ1n) is 13.5. The second-order valence-electron chi connectivity index (χ2n) is 10.0. The number of nitrogens with zero attached hydrogens (tertiary/aromatic N) is 2. The van der Waals surface area contributed by atoms with Crippen LogP contribution in [-0.4, -0.2) is 67.8 Å². The van der Waals surface area contributed by atoms with Gasteiger partial charge in [0.2, 0.25) is 21.8 Å². The van der Waals surface area contributed by atoms with E-state index in [9.17, 15) is 18.0 Å². The van der Waals surface area contributed by atoms with Gasteiger partial charge in [-0.2, -0.15) is 4.31 Å². The van der Waals surface area contributed by atoms with Crippen molar-refractivity contribution in [1.82, 2.24) is 14.5 Å². The molecule has 0 unspecified atom stereocenters. The van der Waals surface area contributed by atoms with Crippen LogP contribution in [-0.2, 0) is 37.3 Å². The number of sulfonamides is 1. The van der Waals surface area contributed by atoms with Crippen LogP contribution in [0.25, 0.3) is 0 Å². The van der Waals surface area contributed by atoms with E-state index in [4.69, 9.17) is 4.74 Å². The first-order chi connectivity index (χ1) is 18.2. The molecule has 0 radical (unpaired) electrons. The maximum absolute atomic E-state index is 13.3. The van der Waals surface area contributed by atoms with Crippen molar-refractivity contribution in [2.75, 3.05) is 26.2 Å². The van der Waals surface area contributed by atoms with Crippen molar-refractivity contribution in [2.45, 2.75) is 76.5 Å². The van der Waals surface area contributed by atoms with Gasteiger partial charge in [-0.05, 0) is 69.7 Å². The van der Waals surface area contributed by atoms with Gasteiger partial charge in [0.1, 0.15) is 6.04 Å². The average molecular weight is 544 g/mol. The van der Waals surface area contributed by atoms with E-state index < -0.39 is 16.1 Å². The van der Waals surface area contributed by atoms with Crippen LogP contribution in [0.4, 0.5) is 0 Å². The largest absolute Gasteiger partial charge is 0.379 e. The molecule has 1 fully saturated rings. The van der Waals surface area contributed by atoms with Crippen LogP contribution < -0.4 is 5.32 Å². The third-order valence-corrected chi connectivity index (χ3v) is 8.60. The van der Waals surface area contributed by atoms with E-state index in [1.54, 1.807) is 36.1 Å². The number of ether oxygens (including phenoxy) is 1. The van der Waals surface area contributed by atoms with Gasteiger partial charge in [-0.15, -0.1) is 0 Å². The lowest BCUT2D eigenvalue weighted by Crippen LogP contribution is -2.48. The molecule has 0 aromatic heterocycles. The molecule has 1 N–H and O–H groups in total. The Bertz CT molecular complexity index is 1130. The van der Waals surface area contributed by atoms with E-state index in [-0.39, 0.29) is 29.2 Å². The maximum Gasteiger partial charge on any atom is 0.243 e. The van der Waals surface area contributed by atoms with Gasteiger partial charge in [-0.25, -0.2) is 8.42 Å². The third-order valence-electron chi connectivity index (χ3n) is 6.69. The molecular formula is C29H41N3O5S. The summed E-state index contributed by atoms with van der Waals surface area (Å²) in [6.45, 7) is 8.20. The van der Waals surface area contributed by atoms with Crippen LogP contribution in [0.2, 0.25) is 0 Å². The van der Waals surface area contributed by atoms with Gasteiger partial charge in [0, 0.05) is 39.2 Å². The number of benzene rings is 2. The molecule has 208 valence electrons. The molecule has 1 saturated heterocycles. The Balaban J connectivity index is 1.61. The first kappa shape index (κ1) is 29.8. The molecule has 0 saturated carbocycles. The zero-order valence-electron chi connectivity index (χ0n) is 22.8. The molecule has 8 nitrogen and oxygen atoms in total. The van der Waals surface area contributed by atoms with Gasteiger partial charge in [-0.3, -0.25) is 9.59 Å². The van der Waals surface area contributed by atoms with E-state index >= 15 is 0 Å². The summed E-state index contributed by atoms with van der Waals surface area (Å²) in [6, 6.07) is 15.8. The molecule has 3 rings (SSSR count). The van der Waals surface area contributed by atoms with Crippen molar-refractivity contribution in [3.8, 4) is 0 Å². The van der Waals surface area contributed by atoms with E-state index in [0.717, 1.165) is 24.0 Å². The first-order valence-corrected chi connectivity index (χ1v) is 14.9. The Labute approximate surface area is 227 Å². The molecule has 0 aliphatic carbocycles. The summed E-state index contributed by atoms with van der Waals surface area (Å²) >= 11 is 0. The van der Waals surface area contributed by atoms with Crippen molar-refractivity contribution in [3.63, 3.8) is 0 Å². The lowest BCUT2D eigenvalue weighted by atomic mass is 10.1. The number of hydrogen-bond acceptors (Lipinski definition) is 5. The summed E-state index contributed by atoms with van der Waals surface area (Å²) < 4.78 is 32.6. The Kier molecular flexibility index (Phi) is 11.3. The normalized spacial score (nSPS) is 14.9.